The molecule has 0 saturated carbocycles. The number of rotatable bonds is 4. The van der Waals surface area contributed by atoms with Gasteiger partial charge in [-0.25, -0.2) is 4.68 Å². The summed E-state index contributed by atoms with van der Waals surface area (Å²) in [6.45, 7) is 8.08. The normalized spacial score (nSPS) is 11.3. The van der Waals surface area contributed by atoms with Gasteiger partial charge in [0, 0.05) is 17.0 Å². The number of nitrogens with one attached hydrogen (secondary N) is 1. The van der Waals surface area contributed by atoms with Crippen LogP contribution < -0.4 is 5.32 Å². The van der Waals surface area contributed by atoms with Crippen molar-refractivity contribution in [2.24, 2.45) is 0 Å². The first-order valence-corrected chi connectivity index (χ1v) is 8.84. The molecular formula is C22H23N3O2. The predicted octanol–water partition coefficient (Wildman–Crippen LogP) is 4.30. The molecular weight excluding hydrogens is 338 g/mol. The smallest absolute Gasteiger partial charge is 0.297 e. The summed E-state index contributed by atoms with van der Waals surface area (Å²) in [5.41, 5.74) is 2.83. The van der Waals surface area contributed by atoms with Crippen LogP contribution in [-0.2, 0) is 10.2 Å². The summed E-state index contributed by atoms with van der Waals surface area (Å²) in [7, 11) is 0. The summed E-state index contributed by atoms with van der Waals surface area (Å²) in [4.78, 5) is 25.0. The predicted molar refractivity (Wildman–Crippen MR) is 106 cm³/mol. The fourth-order valence-electron chi connectivity index (χ4n) is 2.61. The minimum Gasteiger partial charge on any atom is -0.304 e. The van der Waals surface area contributed by atoms with Crippen LogP contribution in [0.25, 0.3) is 5.69 Å². The molecule has 1 amide bonds. The van der Waals surface area contributed by atoms with E-state index in [-0.39, 0.29) is 5.41 Å². The van der Waals surface area contributed by atoms with Gasteiger partial charge in [-0.15, -0.1) is 0 Å². The molecule has 3 rings (SSSR count). The third kappa shape index (κ3) is 4.14. The Morgan fingerprint density at radius 2 is 1.59 bits per heavy atom. The number of anilines is 1. The second-order valence-corrected chi connectivity index (χ2v) is 7.56. The second-order valence-electron chi connectivity index (χ2n) is 7.56. The van der Waals surface area contributed by atoms with Gasteiger partial charge in [-0.1, -0.05) is 68.8 Å². The van der Waals surface area contributed by atoms with Crippen LogP contribution in [-0.4, -0.2) is 21.5 Å². The van der Waals surface area contributed by atoms with E-state index in [9.17, 15) is 9.59 Å². The van der Waals surface area contributed by atoms with Gasteiger partial charge in [0.25, 0.3) is 11.7 Å². The number of hydrogen-bond donors (Lipinski definition) is 1. The second kappa shape index (κ2) is 7.19. The zero-order valence-corrected chi connectivity index (χ0v) is 16.0. The third-order valence-corrected chi connectivity index (χ3v) is 4.24. The quantitative estimate of drug-likeness (QED) is 0.557. The molecule has 5 heteroatoms. The Morgan fingerprint density at radius 1 is 0.963 bits per heavy atom. The molecule has 138 valence electrons. The van der Waals surface area contributed by atoms with Crippen LogP contribution in [0.4, 0.5) is 5.82 Å². The topological polar surface area (TPSA) is 64.0 Å². The number of para-hydroxylation sites is 1. The number of nitrogens with zero attached hydrogens (tertiary/aromatic N) is 2. The van der Waals surface area contributed by atoms with Gasteiger partial charge < -0.3 is 5.32 Å². The number of ketones is 1. The maximum absolute atomic E-state index is 12.5. The lowest BCUT2D eigenvalue weighted by molar-refractivity contribution is -0.112. The minimum atomic E-state index is -0.684. The van der Waals surface area contributed by atoms with Crippen LogP contribution in [0.1, 0.15) is 42.4 Å². The number of Topliss-reactive ketones (excluding diaryl/α,β-unsaturated/α-hetero) is 1. The molecule has 1 aromatic heterocycles. The number of carbonyl (C=O) groups is 2. The number of carbonyl (C=O) groups excluding carboxylic acids is 2. The maximum atomic E-state index is 12.5. The van der Waals surface area contributed by atoms with Crippen molar-refractivity contribution in [2.75, 3.05) is 5.32 Å². The molecule has 0 aliphatic carbocycles. The van der Waals surface area contributed by atoms with Gasteiger partial charge in [-0.2, -0.15) is 5.10 Å². The molecule has 27 heavy (non-hydrogen) atoms. The Balaban J connectivity index is 1.93. The third-order valence-electron chi connectivity index (χ3n) is 4.24. The number of amides is 1. The van der Waals surface area contributed by atoms with E-state index in [1.165, 1.54) is 0 Å². The average Bonchev–Trinajstić information content (AvgIpc) is 3.06. The first kappa shape index (κ1) is 18.6. The highest BCUT2D eigenvalue weighted by Crippen LogP contribution is 2.26. The van der Waals surface area contributed by atoms with Crippen molar-refractivity contribution < 1.29 is 9.59 Å². The van der Waals surface area contributed by atoms with E-state index < -0.39 is 11.7 Å². The summed E-state index contributed by atoms with van der Waals surface area (Å²) in [5, 5.41) is 7.37. The van der Waals surface area contributed by atoms with Crippen LogP contribution in [0, 0.1) is 6.92 Å². The van der Waals surface area contributed by atoms with E-state index >= 15 is 0 Å². The molecule has 0 unspecified atom stereocenters. The Hall–Kier alpha value is -3.21. The van der Waals surface area contributed by atoms with Crippen molar-refractivity contribution in [3.05, 3.63) is 77.5 Å². The molecule has 1 heterocycles. The largest absolute Gasteiger partial charge is 0.304 e. The molecule has 0 aliphatic rings. The van der Waals surface area contributed by atoms with Crippen LogP contribution in [0.3, 0.4) is 0 Å². The summed E-state index contributed by atoms with van der Waals surface area (Å²) >= 11 is 0. The number of aromatic nitrogens is 2. The van der Waals surface area contributed by atoms with Crippen molar-refractivity contribution in [3.8, 4) is 5.69 Å². The fourth-order valence-corrected chi connectivity index (χ4v) is 2.61. The monoisotopic (exact) mass is 361 g/mol. The van der Waals surface area contributed by atoms with E-state index in [4.69, 9.17) is 0 Å². The van der Waals surface area contributed by atoms with Crippen molar-refractivity contribution in [1.29, 1.82) is 0 Å². The standard InChI is InChI=1S/C22H23N3O2/c1-15-10-12-16(13-11-15)20(26)21(27)23-19-14-18(22(2,3)4)24-25(19)17-8-6-5-7-9-17/h5-14H,1-4H3,(H,23,27). The Labute approximate surface area is 159 Å². The van der Waals surface area contributed by atoms with Crippen molar-refractivity contribution in [2.45, 2.75) is 33.1 Å². The SMILES string of the molecule is Cc1ccc(C(=O)C(=O)Nc2cc(C(C)(C)C)nn2-c2ccccc2)cc1. The molecule has 0 spiro atoms. The van der Waals surface area contributed by atoms with Gasteiger partial charge in [0.1, 0.15) is 5.82 Å². The van der Waals surface area contributed by atoms with Gasteiger partial charge in [0.2, 0.25) is 0 Å². The van der Waals surface area contributed by atoms with E-state index in [0.29, 0.717) is 11.4 Å². The Bertz CT molecular complexity index is 965. The fraction of sp³-hybridized carbons (Fsp3) is 0.227. The zero-order chi connectivity index (χ0) is 19.6. The van der Waals surface area contributed by atoms with Crippen molar-refractivity contribution in [1.82, 2.24) is 9.78 Å². The molecule has 0 fully saturated rings. The van der Waals surface area contributed by atoms with Gasteiger partial charge >= 0.3 is 0 Å². The molecule has 0 bridgehead atoms. The van der Waals surface area contributed by atoms with E-state index in [2.05, 4.69) is 10.4 Å². The molecule has 0 radical (unpaired) electrons. The molecule has 0 aliphatic heterocycles. The summed E-state index contributed by atoms with van der Waals surface area (Å²) < 4.78 is 1.65. The van der Waals surface area contributed by atoms with Gasteiger partial charge in [-0.05, 0) is 19.1 Å². The lowest BCUT2D eigenvalue weighted by Crippen LogP contribution is -2.24. The number of aryl methyl sites for hydroxylation is 1. The van der Waals surface area contributed by atoms with Crippen LogP contribution in [0.5, 0.6) is 0 Å². The molecule has 2 aromatic carbocycles. The summed E-state index contributed by atoms with van der Waals surface area (Å²) in [6, 6.07) is 18.3. The highest BCUT2D eigenvalue weighted by Gasteiger charge is 2.23. The van der Waals surface area contributed by atoms with Crippen molar-refractivity contribution in [3.63, 3.8) is 0 Å². The minimum absolute atomic E-state index is 0.194. The molecule has 1 N–H and O–H groups in total. The highest BCUT2D eigenvalue weighted by molar-refractivity contribution is 6.46. The number of hydrogen-bond acceptors (Lipinski definition) is 3. The van der Waals surface area contributed by atoms with E-state index in [1.54, 1.807) is 16.8 Å². The van der Waals surface area contributed by atoms with Gasteiger partial charge in [-0.3, -0.25) is 9.59 Å². The molecule has 5 nitrogen and oxygen atoms in total. The maximum Gasteiger partial charge on any atom is 0.297 e. The molecule has 0 saturated heterocycles. The zero-order valence-electron chi connectivity index (χ0n) is 16.0. The van der Waals surface area contributed by atoms with Crippen LogP contribution in [0.15, 0.2) is 60.7 Å². The summed E-state index contributed by atoms with van der Waals surface area (Å²) in [6.07, 6.45) is 0. The average molecular weight is 361 g/mol. The first-order chi connectivity index (χ1) is 12.8. The van der Waals surface area contributed by atoms with E-state index in [0.717, 1.165) is 16.9 Å². The highest BCUT2D eigenvalue weighted by atomic mass is 16.2. The van der Waals surface area contributed by atoms with Gasteiger partial charge in [0.05, 0.1) is 11.4 Å². The van der Waals surface area contributed by atoms with E-state index in [1.807, 2.05) is 76.2 Å². The van der Waals surface area contributed by atoms with Crippen LogP contribution in [0.2, 0.25) is 0 Å². The lowest BCUT2D eigenvalue weighted by Gasteiger charge is -2.14. The lowest BCUT2D eigenvalue weighted by atomic mass is 9.92. The number of benzene rings is 2. The molecule has 3 aromatic rings. The Kier molecular flexibility index (Phi) is 4.95. The summed E-state index contributed by atoms with van der Waals surface area (Å²) in [5.74, 6) is -0.791. The Morgan fingerprint density at radius 3 is 2.19 bits per heavy atom. The molecule has 0 atom stereocenters. The first-order valence-electron chi connectivity index (χ1n) is 8.84. The van der Waals surface area contributed by atoms with Crippen LogP contribution >= 0.6 is 0 Å². The van der Waals surface area contributed by atoms with Crippen molar-refractivity contribution >= 4 is 17.5 Å². The van der Waals surface area contributed by atoms with Gasteiger partial charge in [0.15, 0.2) is 0 Å².